The summed E-state index contributed by atoms with van der Waals surface area (Å²) in [6, 6.07) is 0.605. The molecule has 0 atom stereocenters. The zero-order valence-corrected chi connectivity index (χ0v) is 14.4. The monoisotopic (exact) mass is 318 g/mol. The van der Waals surface area contributed by atoms with Crippen LogP contribution in [0, 0.1) is 0 Å². The van der Waals surface area contributed by atoms with E-state index in [1.165, 1.54) is 50.8 Å². The summed E-state index contributed by atoms with van der Waals surface area (Å²) in [5.41, 5.74) is 0. The smallest absolute Gasteiger partial charge is 0.191 e. The maximum Gasteiger partial charge on any atom is 0.191 e. The van der Waals surface area contributed by atoms with Crippen molar-refractivity contribution in [3.8, 4) is 0 Å². The van der Waals surface area contributed by atoms with Crippen LogP contribution in [0.4, 0.5) is 0 Å². The molecule has 1 aromatic heterocycles. The van der Waals surface area contributed by atoms with Crippen LogP contribution in [-0.2, 0) is 19.4 Å². The highest BCUT2D eigenvalue weighted by Gasteiger charge is 2.16. The van der Waals surface area contributed by atoms with Crippen molar-refractivity contribution in [1.29, 1.82) is 0 Å². The van der Waals surface area contributed by atoms with E-state index in [1.54, 1.807) is 0 Å². The van der Waals surface area contributed by atoms with E-state index in [1.807, 2.05) is 7.05 Å². The van der Waals surface area contributed by atoms with Gasteiger partial charge in [0.1, 0.15) is 11.6 Å². The molecule has 3 rings (SSSR count). The Bertz CT molecular complexity index is 515. The summed E-state index contributed by atoms with van der Waals surface area (Å²) in [6.45, 7) is 2.02. The third kappa shape index (κ3) is 4.45. The Balaban J connectivity index is 1.41. The quantitative estimate of drug-likeness (QED) is 0.495. The van der Waals surface area contributed by atoms with Crippen molar-refractivity contribution >= 4 is 5.96 Å². The van der Waals surface area contributed by atoms with Gasteiger partial charge in [0.15, 0.2) is 5.96 Å². The summed E-state index contributed by atoms with van der Waals surface area (Å²) < 4.78 is 2.35. The number of aromatic nitrogens is 3. The van der Waals surface area contributed by atoms with Crippen LogP contribution in [0.25, 0.3) is 0 Å². The van der Waals surface area contributed by atoms with E-state index in [9.17, 15) is 0 Å². The molecule has 1 aromatic rings. The van der Waals surface area contributed by atoms with Crippen molar-refractivity contribution < 1.29 is 0 Å². The van der Waals surface area contributed by atoms with Gasteiger partial charge in [0.2, 0.25) is 0 Å². The molecule has 1 aliphatic carbocycles. The zero-order valence-electron chi connectivity index (χ0n) is 14.4. The zero-order chi connectivity index (χ0) is 15.9. The fourth-order valence-electron chi connectivity index (χ4n) is 3.64. The molecule has 2 aliphatic rings. The lowest BCUT2D eigenvalue weighted by Gasteiger charge is -2.16. The van der Waals surface area contributed by atoms with Crippen molar-refractivity contribution in [3.63, 3.8) is 0 Å². The molecule has 1 aliphatic heterocycles. The largest absolute Gasteiger partial charge is 0.356 e. The van der Waals surface area contributed by atoms with Gasteiger partial charge in [-0.15, -0.1) is 10.2 Å². The highest BCUT2D eigenvalue weighted by molar-refractivity contribution is 5.79. The Morgan fingerprint density at radius 1 is 1.17 bits per heavy atom. The minimum atomic E-state index is 0.605. The van der Waals surface area contributed by atoms with Gasteiger partial charge >= 0.3 is 0 Å². The summed E-state index contributed by atoms with van der Waals surface area (Å²) in [7, 11) is 1.85. The number of aryl methyl sites for hydroxylation is 2. The maximum absolute atomic E-state index is 4.40. The lowest BCUT2D eigenvalue weighted by atomic mass is 10.2. The molecular formula is C17H30N6. The van der Waals surface area contributed by atoms with E-state index >= 15 is 0 Å². The molecule has 23 heavy (non-hydrogen) atoms. The predicted molar refractivity (Wildman–Crippen MR) is 92.7 cm³/mol. The third-order valence-electron chi connectivity index (χ3n) is 4.98. The number of nitrogens with zero attached hydrogens (tertiary/aromatic N) is 4. The second-order valence-corrected chi connectivity index (χ2v) is 6.72. The third-order valence-corrected chi connectivity index (χ3v) is 4.98. The summed E-state index contributed by atoms with van der Waals surface area (Å²) >= 11 is 0. The molecule has 0 saturated heterocycles. The van der Waals surface area contributed by atoms with Gasteiger partial charge in [-0.05, 0) is 32.1 Å². The van der Waals surface area contributed by atoms with E-state index in [0.29, 0.717) is 6.04 Å². The lowest BCUT2D eigenvalue weighted by Crippen LogP contribution is -2.42. The molecule has 2 N–H and O–H groups in total. The number of hydrogen-bond donors (Lipinski definition) is 2. The number of nitrogens with one attached hydrogen (secondary N) is 2. The van der Waals surface area contributed by atoms with Gasteiger partial charge in [-0.25, -0.2) is 0 Å². The fraction of sp³-hybridized carbons (Fsp3) is 0.824. The van der Waals surface area contributed by atoms with Crippen molar-refractivity contribution in [1.82, 2.24) is 25.4 Å². The summed E-state index contributed by atoms with van der Waals surface area (Å²) in [6.07, 6.45) is 12.2. The molecule has 1 fully saturated rings. The Hall–Kier alpha value is -1.59. The number of aliphatic imine (C=N–C) groups is 1. The lowest BCUT2D eigenvalue weighted by molar-refractivity contribution is 0.588. The van der Waals surface area contributed by atoms with Crippen LogP contribution in [0.15, 0.2) is 4.99 Å². The SMILES string of the molecule is CN=C(NCCCc1nnc2n1CCCCC2)NC1CCCC1. The van der Waals surface area contributed by atoms with Crippen LogP contribution < -0.4 is 10.6 Å². The first-order valence-electron chi connectivity index (χ1n) is 9.25. The van der Waals surface area contributed by atoms with Gasteiger partial charge in [-0.3, -0.25) is 4.99 Å². The Morgan fingerprint density at radius 2 is 2.04 bits per heavy atom. The van der Waals surface area contributed by atoms with E-state index < -0.39 is 0 Å². The second kappa shape index (κ2) is 8.31. The highest BCUT2D eigenvalue weighted by atomic mass is 15.3. The minimum absolute atomic E-state index is 0.605. The van der Waals surface area contributed by atoms with Crippen LogP contribution in [0.5, 0.6) is 0 Å². The molecule has 0 bridgehead atoms. The van der Waals surface area contributed by atoms with Crippen molar-refractivity contribution in [2.75, 3.05) is 13.6 Å². The topological polar surface area (TPSA) is 67.1 Å². The van der Waals surface area contributed by atoms with Gasteiger partial charge < -0.3 is 15.2 Å². The first-order valence-corrected chi connectivity index (χ1v) is 9.25. The van der Waals surface area contributed by atoms with E-state index in [2.05, 4.69) is 30.4 Å². The van der Waals surface area contributed by atoms with Crippen molar-refractivity contribution in [2.45, 2.75) is 76.8 Å². The van der Waals surface area contributed by atoms with Crippen molar-refractivity contribution in [3.05, 3.63) is 11.6 Å². The van der Waals surface area contributed by atoms with Gasteiger partial charge in [-0.1, -0.05) is 19.3 Å². The fourth-order valence-corrected chi connectivity index (χ4v) is 3.64. The molecule has 1 saturated carbocycles. The molecule has 6 heteroatoms. The van der Waals surface area contributed by atoms with Crippen molar-refractivity contribution in [2.24, 2.45) is 4.99 Å². The molecule has 0 aromatic carbocycles. The number of guanidine groups is 1. The highest BCUT2D eigenvalue weighted by Crippen LogP contribution is 2.17. The Labute approximate surface area is 139 Å². The predicted octanol–water partition coefficient (Wildman–Crippen LogP) is 2.04. The van der Waals surface area contributed by atoms with Crippen LogP contribution >= 0.6 is 0 Å². The average molecular weight is 318 g/mol. The van der Waals surface area contributed by atoms with Gasteiger partial charge in [0.25, 0.3) is 0 Å². The minimum Gasteiger partial charge on any atom is -0.356 e. The molecule has 6 nitrogen and oxygen atoms in total. The molecule has 2 heterocycles. The molecule has 0 spiro atoms. The Morgan fingerprint density at radius 3 is 2.87 bits per heavy atom. The molecule has 0 amide bonds. The van der Waals surface area contributed by atoms with Crippen LogP contribution in [0.2, 0.25) is 0 Å². The van der Waals surface area contributed by atoms with Crippen LogP contribution in [0.1, 0.15) is 63.0 Å². The summed E-state index contributed by atoms with van der Waals surface area (Å²) in [4.78, 5) is 4.33. The number of rotatable bonds is 5. The van der Waals surface area contributed by atoms with Gasteiger partial charge in [0, 0.05) is 39.0 Å². The normalized spacial score (nSPS) is 19.4. The van der Waals surface area contributed by atoms with Crippen LogP contribution in [-0.4, -0.2) is 40.4 Å². The van der Waals surface area contributed by atoms with Gasteiger partial charge in [-0.2, -0.15) is 0 Å². The summed E-state index contributed by atoms with van der Waals surface area (Å²) in [5, 5.41) is 15.7. The Kier molecular flexibility index (Phi) is 5.88. The second-order valence-electron chi connectivity index (χ2n) is 6.72. The van der Waals surface area contributed by atoms with E-state index in [-0.39, 0.29) is 0 Å². The first-order chi connectivity index (χ1) is 11.4. The molecule has 0 unspecified atom stereocenters. The number of fused-ring (bicyclic) bond motifs is 1. The molecule has 128 valence electrons. The maximum atomic E-state index is 4.40. The summed E-state index contributed by atoms with van der Waals surface area (Å²) in [5.74, 6) is 3.28. The van der Waals surface area contributed by atoms with Gasteiger partial charge in [0.05, 0.1) is 0 Å². The first kappa shape index (κ1) is 16.3. The van der Waals surface area contributed by atoms with E-state index in [4.69, 9.17) is 0 Å². The average Bonchev–Trinajstić information content (AvgIpc) is 3.15. The standard InChI is InChI=1S/C17H30N6/c1-18-17(20-14-8-4-5-9-14)19-12-7-11-16-22-21-15-10-3-2-6-13-23(15)16/h14H,2-13H2,1H3,(H2,18,19,20). The molecular weight excluding hydrogens is 288 g/mol. The van der Waals surface area contributed by atoms with E-state index in [0.717, 1.165) is 44.1 Å². The van der Waals surface area contributed by atoms with Crippen LogP contribution in [0.3, 0.4) is 0 Å². The molecule has 0 radical (unpaired) electrons. The number of hydrogen-bond acceptors (Lipinski definition) is 3.